The molecule has 0 radical (unpaired) electrons. The fraction of sp³-hybridized carbons (Fsp3) is 0.105. The van der Waals surface area contributed by atoms with Crippen molar-refractivity contribution in [3.05, 3.63) is 82.7 Å². The van der Waals surface area contributed by atoms with E-state index in [-0.39, 0.29) is 12.1 Å². The molecule has 0 aliphatic rings. The summed E-state index contributed by atoms with van der Waals surface area (Å²) in [6.07, 6.45) is 1.33. The molecule has 2 aromatic carbocycles. The summed E-state index contributed by atoms with van der Waals surface area (Å²) >= 11 is 0. The summed E-state index contributed by atoms with van der Waals surface area (Å²) in [5, 5.41) is 2.57. The molecular weight excluding hydrogens is 321 g/mol. The Morgan fingerprint density at radius 3 is 2.60 bits per heavy atom. The van der Waals surface area contributed by atoms with Crippen LogP contribution in [0.15, 0.2) is 65.7 Å². The van der Waals surface area contributed by atoms with Gasteiger partial charge in [0.25, 0.3) is 5.56 Å². The molecule has 3 rings (SSSR count). The first-order chi connectivity index (χ1) is 12.0. The van der Waals surface area contributed by atoms with Crippen LogP contribution in [0.1, 0.15) is 5.56 Å². The van der Waals surface area contributed by atoms with Crippen LogP contribution in [-0.2, 0) is 11.3 Å². The van der Waals surface area contributed by atoms with Gasteiger partial charge < -0.3 is 5.32 Å². The lowest BCUT2D eigenvalue weighted by molar-refractivity contribution is -0.116. The molecular formula is C19H16FN3O2. The summed E-state index contributed by atoms with van der Waals surface area (Å²) in [6.45, 7) is 1.44. The van der Waals surface area contributed by atoms with Gasteiger partial charge in [-0.2, -0.15) is 0 Å². The van der Waals surface area contributed by atoms with E-state index in [9.17, 15) is 14.0 Å². The summed E-state index contributed by atoms with van der Waals surface area (Å²) in [4.78, 5) is 28.5. The molecule has 0 fully saturated rings. The van der Waals surface area contributed by atoms with Crippen LogP contribution in [0.4, 0.5) is 10.1 Å². The number of benzene rings is 2. The lowest BCUT2D eigenvalue weighted by atomic mass is 10.1. The second-order valence-electron chi connectivity index (χ2n) is 5.62. The third-order valence-electron chi connectivity index (χ3n) is 3.72. The summed E-state index contributed by atoms with van der Waals surface area (Å²) in [5.74, 6) is -0.830. The summed E-state index contributed by atoms with van der Waals surface area (Å²) in [7, 11) is 0. The maximum atomic E-state index is 13.5. The number of halogens is 1. The molecule has 1 heterocycles. The highest BCUT2D eigenvalue weighted by atomic mass is 19.1. The molecule has 0 unspecified atom stereocenters. The predicted molar refractivity (Wildman–Crippen MR) is 93.7 cm³/mol. The number of aromatic nitrogens is 2. The molecule has 1 amide bonds. The molecule has 5 nitrogen and oxygen atoms in total. The number of carbonyl (C=O) groups excluding carboxylic acids is 1. The quantitative estimate of drug-likeness (QED) is 0.796. The third kappa shape index (κ3) is 3.98. The molecule has 0 saturated heterocycles. The van der Waals surface area contributed by atoms with E-state index in [1.54, 1.807) is 19.1 Å². The van der Waals surface area contributed by atoms with Gasteiger partial charge in [-0.1, -0.05) is 36.4 Å². The van der Waals surface area contributed by atoms with Gasteiger partial charge in [0.05, 0.1) is 12.0 Å². The van der Waals surface area contributed by atoms with E-state index in [0.717, 1.165) is 5.56 Å². The predicted octanol–water partition coefficient (Wildman–Crippen LogP) is 3.00. The molecule has 0 spiro atoms. The molecule has 0 bridgehead atoms. The maximum Gasteiger partial charge on any atom is 0.254 e. The molecule has 0 saturated carbocycles. The second-order valence-corrected chi connectivity index (χ2v) is 5.62. The van der Waals surface area contributed by atoms with E-state index in [2.05, 4.69) is 10.3 Å². The standard InChI is InChI=1S/C19H16FN3O2/c1-13-7-8-15(9-16(13)20)22-18(24)11-23-12-21-17(10-19(23)25)14-5-3-2-4-6-14/h2-10,12H,11H2,1H3,(H,22,24). The minimum atomic E-state index is -0.431. The summed E-state index contributed by atoms with van der Waals surface area (Å²) in [6, 6.07) is 15.1. The largest absolute Gasteiger partial charge is 0.324 e. The number of nitrogens with zero attached hydrogens (tertiary/aromatic N) is 2. The van der Waals surface area contributed by atoms with Crippen LogP contribution in [0.2, 0.25) is 0 Å². The van der Waals surface area contributed by atoms with E-state index in [0.29, 0.717) is 16.9 Å². The van der Waals surface area contributed by atoms with E-state index >= 15 is 0 Å². The van der Waals surface area contributed by atoms with Gasteiger partial charge in [-0.15, -0.1) is 0 Å². The number of hydrogen-bond acceptors (Lipinski definition) is 3. The maximum absolute atomic E-state index is 13.5. The third-order valence-corrected chi connectivity index (χ3v) is 3.72. The number of rotatable bonds is 4. The Morgan fingerprint density at radius 1 is 1.16 bits per heavy atom. The average Bonchev–Trinajstić information content (AvgIpc) is 2.61. The monoisotopic (exact) mass is 337 g/mol. The number of hydrogen-bond donors (Lipinski definition) is 1. The Kier molecular flexibility index (Phi) is 4.70. The second kappa shape index (κ2) is 7.09. The first-order valence-corrected chi connectivity index (χ1v) is 7.71. The molecule has 126 valence electrons. The van der Waals surface area contributed by atoms with Gasteiger partial charge in [0.15, 0.2) is 0 Å². The Hall–Kier alpha value is -3.28. The lowest BCUT2D eigenvalue weighted by Crippen LogP contribution is -2.27. The van der Waals surface area contributed by atoms with Crippen LogP contribution in [0.25, 0.3) is 11.3 Å². The van der Waals surface area contributed by atoms with Crippen LogP contribution in [0.3, 0.4) is 0 Å². The van der Waals surface area contributed by atoms with E-state index < -0.39 is 11.7 Å². The van der Waals surface area contributed by atoms with Crippen molar-refractivity contribution in [2.75, 3.05) is 5.32 Å². The van der Waals surface area contributed by atoms with E-state index in [1.165, 1.54) is 23.0 Å². The summed E-state index contributed by atoms with van der Waals surface area (Å²) in [5.41, 5.74) is 1.87. The Morgan fingerprint density at radius 2 is 1.92 bits per heavy atom. The fourth-order valence-electron chi connectivity index (χ4n) is 2.34. The van der Waals surface area contributed by atoms with Crippen LogP contribution in [-0.4, -0.2) is 15.5 Å². The van der Waals surface area contributed by atoms with Gasteiger partial charge in [-0.05, 0) is 24.6 Å². The van der Waals surface area contributed by atoms with Crippen molar-refractivity contribution in [2.24, 2.45) is 0 Å². The molecule has 3 aromatic rings. The molecule has 6 heteroatoms. The van der Waals surface area contributed by atoms with Crippen molar-refractivity contribution in [2.45, 2.75) is 13.5 Å². The zero-order valence-corrected chi connectivity index (χ0v) is 13.6. The summed E-state index contributed by atoms with van der Waals surface area (Å²) < 4.78 is 14.7. The fourth-order valence-corrected chi connectivity index (χ4v) is 2.34. The van der Waals surface area contributed by atoms with Gasteiger partial charge in [-0.25, -0.2) is 9.37 Å². The van der Waals surface area contributed by atoms with Gasteiger partial charge in [0, 0.05) is 17.3 Å². The van der Waals surface area contributed by atoms with Gasteiger partial charge in [-0.3, -0.25) is 14.2 Å². The SMILES string of the molecule is Cc1ccc(NC(=O)Cn2cnc(-c3ccccc3)cc2=O)cc1F. The number of anilines is 1. The number of amides is 1. The van der Waals surface area contributed by atoms with Crippen LogP contribution in [0.5, 0.6) is 0 Å². The number of carbonyl (C=O) groups is 1. The van der Waals surface area contributed by atoms with Crippen molar-refractivity contribution in [1.29, 1.82) is 0 Å². The molecule has 0 aliphatic heterocycles. The van der Waals surface area contributed by atoms with Crippen LogP contribution >= 0.6 is 0 Å². The van der Waals surface area contributed by atoms with E-state index in [1.807, 2.05) is 30.3 Å². The van der Waals surface area contributed by atoms with Crippen LogP contribution in [0, 0.1) is 12.7 Å². The highest BCUT2D eigenvalue weighted by Gasteiger charge is 2.08. The zero-order valence-electron chi connectivity index (χ0n) is 13.6. The van der Waals surface area contributed by atoms with Crippen LogP contribution < -0.4 is 10.9 Å². The first kappa shape index (κ1) is 16.6. The first-order valence-electron chi connectivity index (χ1n) is 7.71. The number of nitrogens with one attached hydrogen (secondary N) is 1. The Labute approximate surface area is 143 Å². The van der Waals surface area contributed by atoms with Gasteiger partial charge in [0.1, 0.15) is 12.4 Å². The minimum absolute atomic E-state index is 0.198. The normalized spacial score (nSPS) is 10.5. The Balaban J connectivity index is 1.73. The minimum Gasteiger partial charge on any atom is -0.324 e. The van der Waals surface area contributed by atoms with Crippen molar-refractivity contribution < 1.29 is 9.18 Å². The number of aryl methyl sites for hydroxylation is 1. The lowest BCUT2D eigenvalue weighted by Gasteiger charge is -2.08. The van der Waals surface area contributed by atoms with Crippen molar-refractivity contribution >= 4 is 11.6 Å². The van der Waals surface area contributed by atoms with Crippen molar-refractivity contribution in [1.82, 2.24) is 9.55 Å². The topological polar surface area (TPSA) is 64.0 Å². The molecule has 1 N–H and O–H groups in total. The van der Waals surface area contributed by atoms with Gasteiger partial charge in [0.2, 0.25) is 5.91 Å². The Bertz CT molecular complexity index is 968. The highest BCUT2D eigenvalue weighted by molar-refractivity contribution is 5.90. The zero-order chi connectivity index (χ0) is 17.8. The van der Waals surface area contributed by atoms with Crippen molar-refractivity contribution in [3.63, 3.8) is 0 Å². The highest BCUT2D eigenvalue weighted by Crippen LogP contribution is 2.14. The molecule has 1 aromatic heterocycles. The molecule has 25 heavy (non-hydrogen) atoms. The van der Waals surface area contributed by atoms with Gasteiger partial charge >= 0.3 is 0 Å². The average molecular weight is 337 g/mol. The van der Waals surface area contributed by atoms with Crippen molar-refractivity contribution in [3.8, 4) is 11.3 Å². The smallest absolute Gasteiger partial charge is 0.254 e. The molecule has 0 aliphatic carbocycles. The molecule has 0 atom stereocenters. The van der Waals surface area contributed by atoms with E-state index in [4.69, 9.17) is 0 Å².